The number of aromatic nitrogens is 3. The van der Waals surface area contributed by atoms with Crippen LogP contribution < -0.4 is 5.56 Å². The maximum absolute atomic E-state index is 12.9. The van der Waals surface area contributed by atoms with Crippen LogP contribution in [0.25, 0.3) is 66.1 Å². The maximum Gasteiger partial charge on any atom is 0.258 e. The highest BCUT2D eigenvalue weighted by atomic mass is 16.1. The van der Waals surface area contributed by atoms with Crippen molar-refractivity contribution in [1.82, 2.24) is 14.1 Å². The quantitative estimate of drug-likeness (QED) is 0.260. The van der Waals surface area contributed by atoms with Crippen LogP contribution in [0.15, 0.2) is 138 Å². The zero-order valence-corrected chi connectivity index (χ0v) is 21.0. The summed E-state index contributed by atoms with van der Waals surface area (Å²) < 4.78 is 4.51. The van der Waals surface area contributed by atoms with Gasteiger partial charge in [-0.25, -0.2) is 0 Å². The minimum absolute atomic E-state index is 0.0740. The lowest BCUT2D eigenvalue weighted by molar-refractivity contribution is 1.17. The first-order valence-electron chi connectivity index (χ1n) is 13.1. The number of hydrogen-bond acceptors (Lipinski definition) is 1. The Morgan fingerprint density at radius 3 is 1.85 bits per heavy atom. The SMILES string of the molecule is O=c1[nH]ccc2c1c1ccc(-c3ccc4c(c3)c3ccccc3n4-c3ccccc3)cc1n2-c1ccccc1. The average Bonchev–Trinajstić information content (AvgIpc) is 3.51. The van der Waals surface area contributed by atoms with E-state index < -0.39 is 0 Å². The zero-order valence-electron chi connectivity index (χ0n) is 21.0. The third kappa shape index (κ3) is 3.22. The Bertz CT molecular complexity index is 2240. The van der Waals surface area contributed by atoms with Crippen LogP contribution in [0.4, 0.5) is 0 Å². The van der Waals surface area contributed by atoms with Crippen molar-refractivity contribution in [1.29, 1.82) is 0 Å². The molecule has 0 unspecified atom stereocenters. The first-order chi connectivity index (χ1) is 19.3. The minimum Gasteiger partial charge on any atom is -0.328 e. The van der Waals surface area contributed by atoms with Crippen LogP contribution >= 0.6 is 0 Å². The Kier molecular flexibility index (Phi) is 4.64. The Balaban J connectivity index is 1.40. The van der Waals surface area contributed by atoms with Crippen LogP contribution in [-0.4, -0.2) is 14.1 Å². The van der Waals surface area contributed by atoms with Crippen molar-refractivity contribution in [3.05, 3.63) is 144 Å². The summed E-state index contributed by atoms with van der Waals surface area (Å²) in [6.45, 7) is 0. The lowest BCUT2D eigenvalue weighted by Crippen LogP contribution is -2.04. The number of fused-ring (bicyclic) bond motifs is 6. The van der Waals surface area contributed by atoms with E-state index in [1.165, 1.54) is 21.8 Å². The highest BCUT2D eigenvalue weighted by Gasteiger charge is 2.17. The van der Waals surface area contributed by atoms with Crippen LogP contribution in [0.2, 0.25) is 0 Å². The monoisotopic (exact) mass is 501 g/mol. The van der Waals surface area contributed by atoms with Gasteiger partial charge >= 0.3 is 0 Å². The topological polar surface area (TPSA) is 42.7 Å². The fraction of sp³-hybridized carbons (Fsp3) is 0. The molecule has 3 heterocycles. The second kappa shape index (κ2) is 8.33. The predicted molar refractivity (Wildman–Crippen MR) is 161 cm³/mol. The van der Waals surface area contributed by atoms with Gasteiger partial charge in [-0.15, -0.1) is 0 Å². The van der Waals surface area contributed by atoms with E-state index in [-0.39, 0.29) is 5.56 Å². The molecule has 8 rings (SSSR count). The molecule has 184 valence electrons. The van der Waals surface area contributed by atoms with Gasteiger partial charge in [0.25, 0.3) is 5.56 Å². The van der Waals surface area contributed by atoms with Gasteiger partial charge in [0.2, 0.25) is 0 Å². The van der Waals surface area contributed by atoms with E-state index in [1.807, 2.05) is 30.3 Å². The molecule has 0 saturated heterocycles. The number of H-pyrrole nitrogens is 1. The number of pyridine rings is 1. The highest BCUT2D eigenvalue weighted by Crippen LogP contribution is 2.37. The smallest absolute Gasteiger partial charge is 0.258 e. The molecular formula is C35H23N3O. The summed E-state index contributed by atoms with van der Waals surface area (Å²) in [4.78, 5) is 15.8. The molecule has 0 saturated carbocycles. The van der Waals surface area contributed by atoms with Crippen LogP contribution in [0.3, 0.4) is 0 Å². The molecule has 0 aliphatic rings. The van der Waals surface area contributed by atoms with Crippen molar-refractivity contribution < 1.29 is 0 Å². The molecule has 4 heteroatoms. The Morgan fingerprint density at radius 2 is 1.08 bits per heavy atom. The summed E-state index contributed by atoms with van der Waals surface area (Å²) in [5.41, 5.74) is 8.63. The van der Waals surface area contributed by atoms with Gasteiger partial charge in [0.15, 0.2) is 0 Å². The number of aromatic amines is 1. The van der Waals surface area contributed by atoms with Crippen LogP contribution in [0.1, 0.15) is 0 Å². The number of nitrogens with one attached hydrogen (secondary N) is 1. The van der Waals surface area contributed by atoms with E-state index >= 15 is 0 Å². The molecule has 0 atom stereocenters. The molecule has 4 nitrogen and oxygen atoms in total. The third-order valence-corrected chi connectivity index (χ3v) is 7.72. The maximum atomic E-state index is 12.9. The molecule has 0 amide bonds. The molecule has 5 aromatic carbocycles. The van der Waals surface area contributed by atoms with Gasteiger partial charge in [0.05, 0.1) is 27.5 Å². The predicted octanol–water partition coefficient (Wildman–Crippen LogP) is 8.24. The minimum atomic E-state index is -0.0740. The van der Waals surface area contributed by atoms with E-state index in [1.54, 1.807) is 6.20 Å². The van der Waals surface area contributed by atoms with Crippen LogP contribution in [0, 0.1) is 0 Å². The van der Waals surface area contributed by atoms with E-state index in [0.29, 0.717) is 5.39 Å². The molecule has 0 bridgehead atoms. The number of rotatable bonds is 3. The van der Waals surface area contributed by atoms with Crippen molar-refractivity contribution in [2.75, 3.05) is 0 Å². The van der Waals surface area contributed by atoms with E-state index in [2.05, 4.69) is 111 Å². The van der Waals surface area contributed by atoms with Gasteiger partial charge in [-0.1, -0.05) is 72.8 Å². The lowest BCUT2D eigenvalue weighted by Gasteiger charge is -2.10. The molecule has 0 fully saturated rings. The number of para-hydroxylation sites is 3. The fourth-order valence-electron chi connectivity index (χ4n) is 6.02. The standard InChI is InChI=1S/C35H23N3O/c39-35-34-28-17-15-24(22-33(28)38(32(34)19-20-36-35)26-11-5-2-6-12-26)23-16-18-31-29(21-23)27-13-7-8-14-30(27)37(31)25-9-3-1-4-10-25/h1-22H,(H,36,39). The Morgan fingerprint density at radius 1 is 0.462 bits per heavy atom. The van der Waals surface area contributed by atoms with Crippen LogP contribution in [-0.2, 0) is 0 Å². The summed E-state index contributed by atoms with van der Waals surface area (Å²) in [5, 5.41) is 4.10. The average molecular weight is 502 g/mol. The number of hydrogen-bond donors (Lipinski definition) is 1. The van der Waals surface area contributed by atoms with Crippen LogP contribution in [0.5, 0.6) is 0 Å². The van der Waals surface area contributed by atoms with Gasteiger partial charge in [-0.05, 0) is 65.7 Å². The molecule has 3 aromatic heterocycles. The summed E-state index contributed by atoms with van der Waals surface area (Å²) in [5.74, 6) is 0. The van der Waals surface area contributed by atoms with Crippen molar-refractivity contribution in [3.8, 4) is 22.5 Å². The largest absolute Gasteiger partial charge is 0.328 e. The van der Waals surface area contributed by atoms with Gasteiger partial charge < -0.3 is 14.1 Å². The van der Waals surface area contributed by atoms with E-state index in [4.69, 9.17) is 0 Å². The Hall–Kier alpha value is -5.35. The molecule has 0 aliphatic heterocycles. The fourth-order valence-corrected chi connectivity index (χ4v) is 6.02. The van der Waals surface area contributed by atoms with Gasteiger partial charge in [-0.3, -0.25) is 4.79 Å². The van der Waals surface area contributed by atoms with E-state index in [0.717, 1.165) is 38.9 Å². The first-order valence-corrected chi connectivity index (χ1v) is 13.1. The Labute approximate surface area is 224 Å². The van der Waals surface area contributed by atoms with Gasteiger partial charge in [-0.2, -0.15) is 0 Å². The van der Waals surface area contributed by atoms with Crippen molar-refractivity contribution in [2.24, 2.45) is 0 Å². The molecule has 39 heavy (non-hydrogen) atoms. The molecule has 8 aromatic rings. The summed E-state index contributed by atoms with van der Waals surface area (Å²) in [7, 11) is 0. The van der Waals surface area contributed by atoms with E-state index in [9.17, 15) is 4.79 Å². The number of nitrogens with zero attached hydrogens (tertiary/aromatic N) is 2. The first kappa shape index (κ1) is 21.7. The highest BCUT2D eigenvalue weighted by molar-refractivity contribution is 6.12. The molecule has 0 aliphatic carbocycles. The van der Waals surface area contributed by atoms with Crippen molar-refractivity contribution >= 4 is 43.6 Å². The zero-order chi connectivity index (χ0) is 25.9. The molecule has 0 spiro atoms. The van der Waals surface area contributed by atoms with Gasteiger partial charge in [0.1, 0.15) is 0 Å². The summed E-state index contributed by atoms with van der Waals surface area (Å²) >= 11 is 0. The molecule has 0 radical (unpaired) electrons. The van der Waals surface area contributed by atoms with Crippen molar-refractivity contribution in [2.45, 2.75) is 0 Å². The second-order valence-corrected chi connectivity index (χ2v) is 9.89. The summed E-state index contributed by atoms with van der Waals surface area (Å²) in [6, 6.07) is 44.4. The number of benzene rings is 5. The third-order valence-electron chi connectivity index (χ3n) is 7.72. The molecule has 1 N–H and O–H groups in total. The second-order valence-electron chi connectivity index (χ2n) is 9.89. The lowest BCUT2D eigenvalue weighted by atomic mass is 10.0. The molecular weight excluding hydrogens is 478 g/mol. The van der Waals surface area contributed by atoms with Gasteiger partial charge in [0, 0.05) is 33.7 Å². The normalized spacial score (nSPS) is 11.7. The van der Waals surface area contributed by atoms with Crippen molar-refractivity contribution in [3.63, 3.8) is 0 Å². The summed E-state index contributed by atoms with van der Waals surface area (Å²) in [6.07, 6.45) is 1.72.